The zero-order chi connectivity index (χ0) is 63.6. The summed E-state index contributed by atoms with van der Waals surface area (Å²) in [5, 5.41) is 238. The average Bonchev–Trinajstić information content (AvgIpc) is 0.737. The molecular weight excluding hydrogens is 1180 g/mol. The maximum atomic E-state index is 15.8. The Kier molecular flexibility index (Phi) is 12.2. The van der Waals surface area contributed by atoms with Gasteiger partial charge in [-0.05, 0) is 30.3 Å². The standard InChI is InChI=1S/C56H38O32/c57-15-7-21-10(4-20(62)48(84-21)9-1-16(58)36(66)17(59)2-9)33(63)26(15)30-29-32-28(43(73)47(77)44(29)74)27-31-23(41(71)46(76)42(27)72)11-3-14(35(65)45(75)34(11)64)54(80)85-22-8-83-52(78)12-5-18(60)37(67)39(69)24(12)25-13(6-19(61)38(68)40(25)70)53(79)86-49(22)51(88-55(31)81)50(30)87-56(32)82/h1-3,5-7,20,22,30,48-51,57-77H,4,8H2. The van der Waals surface area contributed by atoms with Crippen molar-refractivity contribution in [3.05, 3.63) is 86.5 Å². The lowest BCUT2D eigenvalue weighted by Crippen LogP contribution is -2.56. The van der Waals surface area contributed by atoms with E-state index in [1.54, 1.807) is 0 Å². The molecule has 0 amide bonds. The summed E-state index contributed by atoms with van der Waals surface area (Å²) in [6.07, 6.45) is -16.0. The van der Waals surface area contributed by atoms with Crippen LogP contribution in [0.1, 0.15) is 86.1 Å². The second-order valence-electron chi connectivity index (χ2n) is 20.4. The number of aliphatic hydroxyl groups is 1. The summed E-state index contributed by atoms with van der Waals surface area (Å²) < 4.78 is 35.1. The van der Waals surface area contributed by atoms with Crippen LogP contribution in [0.5, 0.6) is 121 Å². The third-order valence-electron chi connectivity index (χ3n) is 15.6. The van der Waals surface area contributed by atoms with Crippen molar-refractivity contribution in [3.8, 4) is 154 Å². The highest BCUT2D eigenvalue weighted by Gasteiger charge is 2.57. The number of phenolic OH excluding ortho intramolecular Hbond substituents is 20. The normalized spacial score (nSPS) is 20.8. The molecule has 12 rings (SSSR count). The SMILES string of the molecule is O=C1OC2COC(=O)c3cc(O)c(O)c(O)c3-c3c(cc(O)c(O)c3O)C(=O)OC2C2OC(=O)c3c(c(O)c(O)c(O)c3-c3c(O)c(O)c(O)c4c3C(=O)OC2C4c2c(O)cc3c(c2O)CC(O)C(c2cc(O)c(O)c(O)c2)O3)-c2cc1c(O)c(O)c2O. The van der Waals surface area contributed by atoms with Gasteiger partial charge in [0.1, 0.15) is 29.4 Å². The molecule has 7 aromatic carbocycles. The number of aromatic hydroxyl groups is 20. The number of carbonyl (C=O) groups excluding carboxylic acids is 5. The fourth-order valence-electron chi connectivity index (χ4n) is 11.6. The van der Waals surface area contributed by atoms with Gasteiger partial charge in [-0.1, -0.05) is 0 Å². The minimum Gasteiger partial charge on any atom is -0.507 e. The molecule has 0 aliphatic carbocycles. The summed E-state index contributed by atoms with van der Waals surface area (Å²) in [5.74, 6) is -42.5. The molecule has 88 heavy (non-hydrogen) atoms. The molecule has 0 saturated carbocycles. The summed E-state index contributed by atoms with van der Waals surface area (Å²) in [6, 6.07) is 3.43. The van der Waals surface area contributed by atoms with Crippen molar-refractivity contribution < 1.29 is 160 Å². The van der Waals surface area contributed by atoms with Crippen LogP contribution in [-0.4, -0.2) is 174 Å². The molecular formula is C56H38O32. The van der Waals surface area contributed by atoms with Crippen molar-refractivity contribution in [2.45, 2.75) is 49.0 Å². The van der Waals surface area contributed by atoms with Crippen LogP contribution in [0.15, 0.2) is 36.4 Å². The Bertz CT molecular complexity index is 4390. The van der Waals surface area contributed by atoms with Crippen LogP contribution in [0.2, 0.25) is 0 Å². The molecule has 6 bridgehead atoms. The minimum atomic E-state index is -3.05. The van der Waals surface area contributed by atoms with Gasteiger partial charge in [0.2, 0.25) is 28.7 Å². The van der Waals surface area contributed by atoms with Crippen molar-refractivity contribution in [3.63, 3.8) is 0 Å². The Balaban J connectivity index is 1.21. The topological polar surface area (TPSA) is 566 Å². The number of phenols is 20. The largest absolute Gasteiger partial charge is 0.507 e. The predicted octanol–water partition coefficient (Wildman–Crippen LogP) is 2.98. The van der Waals surface area contributed by atoms with Crippen molar-refractivity contribution >= 4 is 29.8 Å². The summed E-state index contributed by atoms with van der Waals surface area (Å²) in [5.41, 5.74) is -17.6. The van der Waals surface area contributed by atoms with Crippen molar-refractivity contribution in [1.82, 2.24) is 0 Å². The maximum Gasteiger partial charge on any atom is 0.342 e. The summed E-state index contributed by atoms with van der Waals surface area (Å²) in [6.45, 7) is -1.65. The molecule has 0 spiro atoms. The second-order valence-corrected chi connectivity index (χ2v) is 20.4. The lowest BCUT2D eigenvalue weighted by atomic mass is 9.73. The van der Waals surface area contributed by atoms with E-state index in [0.717, 1.165) is 12.1 Å². The molecule has 5 aliphatic heterocycles. The number of rotatable bonds is 2. The highest BCUT2D eigenvalue weighted by atomic mass is 16.6. The molecule has 32 heteroatoms. The van der Waals surface area contributed by atoms with E-state index in [0.29, 0.717) is 18.2 Å². The minimum absolute atomic E-state index is 0.215. The molecule has 0 radical (unpaired) electrons. The van der Waals surface area contributed by atoms with E-state index < -0.39 is 284 Å². The van der Waals surface area contributed by atoms with E-state index in [9.17, 15) is 117 Å². The molecule has 7 atom stereocenters. The first-order valence-corrected chi connectivity index (χ1v) is 25.1. The molecule has 7 unspecified atom stereocenters. The van der Waals surface area contributed by atoms with Gasteiger partial charge >= 0.3 is 29.8 Å². The molecule has 32 nitrogen and oxygen atoms in total. The number of benzene rings is 7. The van der Waals surface area contributed by atoms with Gasteiger partial charge in [-0.2, -0.15) is 0 Å². The van der Waals surface area contributed by atoms with E-state index in [1.807, 2.05) is 0 Å². The lowest BCUT2D eigenvalue weighted by Gasteiger charge is -2.43. The van der Waals surface area contributed by atoms with E-state index >= 15 is 14.4 Å². The van der Waals surface area contributed by atoms with Crippen molar-refractivity contribution in [1.29, 1.82) is 0 Å². The zero-order valence-corrected chi connectivity index (χ0v) is 43.3. The quantitative estimate of drug-likeness (QED) is 0.0672. The third-order valence-corrected chi connectivity index (χ3v) is 15.6. The van der Waals surface area contributed by atoms with E-state index in [-0.39, 0.29) is 11.6 Å². The van der Waals surface area contributed by atoms with Crippen LogP contribution in [0.4, 0.5) is 0 Å². The van der Waals surface area contributed by atoms with Gasteiger partial charge in [0.25, 0.3) is 0 Å². The average molecular weight is 1220 g/mol. The number of carbonyl (C=O) groups is 5. The summed E-state index contributed by atoms with van der Waals surface area (Å²) in [7, 11) is 0. The predicted molar refractivity (Wildman–Crippen MR) is 277 cm³/mol. The maximum absolute atomic E-state index is 15.8. The Hall–Kier alpha value is -12.4. The number of fused-ring (bicyclic) bond motifs is 15. The summed E-state index contributed by atoms with van der Waals surface area (Å²) >= 11 is 0. The molecule has 0 saturated heterocycles. The van der Waals surface area contributed by atoms with E-state index in [4.69, 9.17) is 28.4 Å². The van der Waals surface area contributed by atoms with Crippen LogP contribution < -0.4 is 4.74 Å². The van der Waals surface area contributed by atoms with Gasteiger partial charge in [-0.15, -0.1) is 0 Å². The highest BCUT2D eigenvalue weighted by Crippen LogP contribution is 2.64. The van der Waals surface area contributed by atoms with Crippen LogP contribution in [0.3, 0.4) is 0 Å². The zero-order valence-electron chi connectivity index (χ0n) is 43.3. The smallest absolute Gasteiger partial charge is 0.342 e. The Labute approximate surface area is 484 Å². The summed E-state index contributed by atoms with van der Waals surface area (Å²) in [4.78, 5) is 75.5. The highest BCUT2D eigenvalue weighted by molar-refractivity contribution is 6.15. The van der Waals surface area contributed by atoms with Gasteiger partial charge in [0.15, 0.2) is 105 Å². The van der Waals surface area contributed by atoms with Crippen LogP contribution in [0.25, 0.3) is 33.4 Å². The number of cyclic esters (lactones) is 1. The number of aliphatic hydroxyl groups excluding tert-OH is 1. The van der Waals surface area contributed by atoms with Gasteiger partial charge < -0.3 is 136 Å². The number of ether oxygens (including phenoxy) is 6. The molecule has 21 N–H and O–H groups in total. The van der Waals surface area contributed by atoms with Crippen LogP contribution in [-0.2, 0) is 30.1 Å². The molecule has 0 aromatic heterocycles. The number of hydrogen-bond donors (Lipinski definition) is 21. The Morgan fingerprint density at radius 3 is 1.42 bits per heavy atom. The van der Waals surface area contributed by atoms with Gasteiger partial charge in [0, 0.05) is 68.1 Å². The monoisotopic (exact) mass is 1220 g/mol. The fraction of sp³-hybridized carbons (Fsp3) is 0.161. The molecule has 0 fully saturated rings. The fourth-order valence-corrected chi connectivity index (χ4v) is 11.6. The first-order valence-electron chi connectivity index (χ1n) is 25.1. The lowest BCUT2D eigenvalue weighted by molar-refractivity contribution is -0.135. The van der Waals surface area contributed by atoms with Gasteiger partial charge in [0.05, 0.1) is 34.3 Å². The first kappa shape index (κ1) is 56.1. The number of hydrogen-bond acceptors (Lipinski definition) is 32. The Morgan fingerprint density at radius 2 is 0.807 bits per heavy atom. The van der Waals surface area contributed by atoms with Crippen LogP contribution in [0, 0.1) is 0 Å². The van der Waals surface area contributed by atoms with Crippen LogP contribution >= 0.6 is 0 Å². The molecule has 5 heterocycles. The van der Waals surface area contributed by atoms with Crippen molar-refractivity contribution in [2.75, 3.05) is 6.61 Å². The first-order chi connectivity index (χ1) is 41.5. The molecule has 454 valence electrons. The van der Waals surface area contributed by atoms with E-state index in [2.05, 4.69) is 0 Å². The third kappa shape index (κ3) is 7.70. The number of esters is 5. The second kappa shape index (κ2) is 19.1. The van der Waals surface area contributed by atoms with Gasteiger partial charge in [-0.3, -0.25) is 0 Å². The molecule has 5 aliphatic rings. The van der Waals surface area contributed by atoms with Gasteiger partial charge in [-0.25, -0.2) is 24.0 Å². The Morgan fingerprint density at radius 1 is 0.330 bits per heavy atom. The van der Waals surface area contributed by atoms with E-state index in [1.165, 1.54) is 0 Å². The molecule has 7 aromatic rings. The van der Waals surface area contributed by atoms with Crippen molar-refractivity contribution in [2.24, 2.45) is 0 Å².